The van der Waals surface area contributed by atoms with Crippen LogP contribution in [-0.4, -0.2) is 39.6 Å². The molecule has 0 radical (unpaired) electrons. The van der Waals surface area contributed by atoms with Gasteiger partial charge in [-0.15, -0.1) is 0 Å². The highest BCUT2D eigenvalue weighted by atomic mass is 16.5. The van der Waals surface area contributed by atoms with Gasteiger partial charge in [-0.2, -0.15) is 0 Å². The second-order valence-corrected chi connectivity index (χ2v) is 6.75. The van der Waals surface area contributed by atoms with Gasteiger partial charge in [-0.05, 0) is 31.4 Å². The smallest absolute Gasteiger partial charge is 0.258 e. The lowest BCUT2D eigenvalue weighted by Crippen LogP contribution is -2.52. The number of aromatic nitrogens is 2. The molecule has 0 amide bonds. The summed E-state index contributed by atoms with van der Waals surface area (Å²) in [5.41, 5.74) is 2.66. The second-order valence-electron chi connectivity index (χ2n) is 6.75. The summed E-state index contributed by atoms with van der Waals surface area (Å²) in [6, 6.07) is 6.08. The molecule has 5 nitrogen and oxygen atoms in total. The van der Waals surface area contributed by atoms with E-state index in [0.717, 1.165) is 43.0 Å². The number of nitrogens with zero attached hydrogens (tertiary/aromatic N) is 3. The maximum atomic E-state index is 12.4. The minimum absolute atomic E-state index is 0.00199. The molecular weight excluding hydrogens is 290 g/mol. The Labute approximate surface area is 135 Å². The Morgan fingerprint density at radius 3 is 3.09 bits per heavy atom. The van der Waals surface area contributed by atoms with Crippen LogP contribution in [0.5, 0.6) is 0 Å². The summed E-state index contributed by atoms with van der Waals surface area (Å²) in [4.78, 5) is 19.5. The van der Waals surface area contributed by atoms with Crippen LogP contribution in [0, 0.1) is 6.92 Å². The fraction of sp³-hybridized carbons (Fsp3) is 0.556. The fourth-order valence-corrected chi connectivity index (χ4v) is 3.92. The zero-order chi connectivity index (χ0) is 15.8. The average Bonchev–Trinajstić information content (AvgIpc) is 2.56. The van der Waals surface area contributed by atoms with Gasteiger partial charge < -0.3 is 4.74 Å². The van der Waals surface area contributed by atoms with Gasteiger partial charge in [-0.1, -0.05) is 18.9 Å². The maximum Gasteiger partial charge on any atom is 0.258 e. The molecule has 0 bridgehead atoms. The van der Waals surface area contributed by atoms with Gasteiger partial charge in [0.05, 0.1) is 18.4 Å². The van der Waals surface area contributed by atoms with Crippen molar-refractivity contribution < 1.29 is 4.74 Å². The Morgan fingerprint density at radius 1 is 1.30 bits per heavy atom. The summed E-state index contributed by atoms with van der Waals surface area (Å²) in [6.07, 6.45) is 7.10. The summed E-state index contributed by atoms with van der Waals surface area (Å²) >= 11 is 0. The van der Waals surface area contributed by atoms with Crippen LogP contribution in [0.2, 0.25) is 0 Å². The molecule has 0 spiro atoms. The van der Waals surface area contributed by atoms with Crippen molar-refractivity contribution in [2.45, 2.75) is 51.3 Å². The van der Waals surface area contributed by atoms with Crippen LogP contribution in [0.3, 0.4) is 0 Å². The monoisotopic (exact) mass is 313 g/mol. The molecule has 2 aromatic heterocycles. The Bertz CT molecular complexity index is 768. The van der Waals surface area contributed by atoms with Gasteiger partial charge in [0.15, 0.2) is 0 Å². The van der Waals surface area contributed by atoms with Crippen LogP contribution in [0.4, 0.5) is 0 Å². The molecule has 2 atom stereocenters. The molecule has 1 saturated carbocycles. The van der Waals surface area contributed by atoms with Crippen molar-refractivity contribution in [2.24, 2.45) is 0 Å². The molecule has 4 rings (SSSR count). The van der Waals surface area contributed by atoms with Crippen molar-refractivity contribution in [3.8, 4) is 0 Å². The molecule has 23 heavy (non-hydrogen) atoms. The largest absolute Gasteiger partial charge is 0.375 e. The molecule has 0 N–H and O–H groups in total. The standard InChI is InChI=1S/C18H23N3O2/c1-13-6-7-17-19-14(10-18(22)21(17)11-13)12-20-8-9-23-16-5-3-2-4-15(16)20/h6-7,10-11,15-16H,2-5,8-9,12H2,1H3/t15-,16+/m0/s1. The first kappa shape index (κ1) is 14.8. The SMILES string of the molecule is Cc1ccc2nc(CN3CCO[C@@H]4CCCC[C@@H]43)cc(=O)n2c1. The van der Waals surface area contributed by atoms with Crippen LogP contribution in [-0.2, 0) is 11.3 Å². The average molecular weight is 313 g/mol. The molecule has 1 aliphatic heterocycles. The van der Waals surface area contributed by atoms with E-state index in [4.69, 9.17) is 4.74 Å². The van der Waals surface area contributed by atoms with Gasteiger partial charge in [0.2, 0.25) is 0 Å². The molecule has 2 aliphatic rings. The molecule has 122 valence electrons. The second kappa shape index (κ2) is 6.06. The third-order valence-electron chi connectivity index (χ3n) is 5.07. The lowest BCUT2D eigenvalue weighted by atomic mass is 9.90. The van der Waals surface area contributed by atoms with Crippen molar-refractivity contribution in [2.75, 3.05) is 13.2 Å². The first-order valence-electron chi connectivity index (χ1n) is 8.55. The summed E-state index contributed by atoms with van der Waals surface area (Å²) in [5, 5.41) is 0. The minimum Gasteiger partial charge on any atom is -0.375 e. The fourth-order valence-electron chi connectivity index (χ4n) is 3.92. The predicted octanol–water partition coefficient (Wildman–Crippen LogP) is 2.15. The van der Waals surface area contributed by atoms with Crippen LogP contribution in [0.25, 0.3) is 5.65 Å². The highest BCUT2D eigenvalue weighted by molar-refractivity contribution is 5.39. The lowest BCUT2D eigenvalue weighted by molar-refractivity contribution is -0.0914. The van der Waals surface area contributed by atoms with Crippen molar-refractivity contribution in [3.63, 3.8) is 0 Å². The van der Waals surface area contributed by atoms with E-state index in [0.29, 0.717) is 12.1 Å². The first-order valence-corrected chi connectivity index (χ1v) is 8.55. The van der Waals surface area contributed by atoms with Crippen LogP contribution < -0.4 is 5.56 Å². The number of fused-ring (bicyclic) bond motifs is 2. The summed E-state index contributed by atoms with van der Waals surface area (Å²) in [7, 11) is 0. The van der Waals surface area contributed by atoms with Crippen LogP contribution >= 0.6 is 0 Å². The number of hydrogen-bond donors (Lipinski definition) is 0. The van der Waals surface area contributed by atoms with Gasteiger partial charge in [0.25, 0.3) is 5.56 Å². The Balaban J connectivity index is 1.62. The first-order chi connectivity index (χ1) is 11.2. The summed E-state index contributed by atoms with van der Waals surface area (Å²) in [6.45, 7) is 4.43. The number of rotatable bonds is 2. The van der Waals surface area contributed by atoms with Gasteiger partial charge in [-0.3, -0.25) is 14.1 Å². The van der Waals surface area contributed by atoms with E-state index in [-0.39, 0.29) is 5.56 Å². The molecule has 0 aromatic carbocycles. The highest BCUT2D eigenvalue weighted by Gasteiger charge is 2.34. The third-order valence-corrected chi connectivity index (χ3v) is 5.07. The van der Waals surface area contributed by atoms with Crippen molar-refractivity contribution in [3.05, 3.63) is 46.0 Å². The Kier molecular flexibility index (Phi) is 3.91. The van der Waals surface area contributed by atoms with E-state index in [1.54, 1.807) is 10.5 Å². The molecule has 1 saturated heterocycles. The molecule has 5 heteroatoms. The zero-order valence-corrected chi connectivity index (χ0v) is 13.6. The highest BCUT2D eigenvalue weighted by Crippen LogP contribution is 2.29. The molecule has 1 aliphatic carbocycles. The third kappa shape index (κ3) is 2.91. The van der Waals surface area contributed by atoms with Gasteiger partial charge in [0.1, 0.15) is 5.65 Å². The minimum atomic E-state index is 0.00199. The zero-order valence-electron chi connectivity index (χ0n) is 13.6. The number of morpholine rings is 1. The molecule has 3 heterocycles. The molecule has 2 aromatic rings. The lowest BCUT2D eigenvalue weighted by Gasteiger charge is -2.43. The van der Waals surface area contributed by atoms with Crippen molar-refractivity contribution >= 4 is 5.65 Å². The number of aryl methyl sites for hydroxylation is 1. The summed E-state index contributed by atoms with van der Waals surface area (Å²) in [5.74, 6) is 0. The van der Waals surface area contributed by atoms with Crippen molar-refractivity contribution in [1.82, 2.24) is 14.3 Å². The Hall–Kier alpha value is -1.72. The number of pyridine rings is 1. The van der Waals surface area contributed by atoms with E-state index in [2.05, 4.69) is 9.88 Å². The number of ether oxygens (including phenoxy) is 1. The van der Waals surface area contributed by atoms with Gasteiger partial charge in [0, 0.05) is 31.4 Å². The van der Waals surface area contributed by atoms with Crippen LogP contribution in [0.15, 0.2) is 29.2 Å². The summed E-state index contributed by atoms with van der Waals surface area (Å²) < 4.78 is 7.56. The van der Waals surface area contributed by atoms with E-state index < -0.39 is 0 Å². The predicted molar refractivity (Wildman–Crippen MR) is 88.6 cm³/mol. The molecule has 2 fully saturated rings. The maximum absolute atomic E-state index is 12.4. The molecule has 0 unspecified atom stereocenters. The van der Waals surface area contributed by atoms with Gasteiger partial charge >= 0.3 is 0 Å². The van der Waals surface area contributed by atoms with Crippen LogP contribution in [0.1, 0.15) is 36.9 Å². The van der Waals surface area contributed by atoms with Gasteiger partial charge in [-0.25, -0.2) is 4.98 Å². The van der Waals surface area contributed by atoms with E-state index in [1.165, 1.54) is 19.3 Å². The van der Waals surface area contributed by atoms with E-state index in [9.17, 15) is 4.79 Å². The topological polar surface area (TPSA) is 46.8 Å². The number of hydrogen-bond acceptors (Lipinski definition) is 4. The Morgan fingerprint density at radius 2 is 2.17 bits per heavy atom. The quantitative estimate of drug-likeness (QED) is 0.852. The molecular formula is C18H23N3O2. The van der Waals surface area contributed by atoms with E-state index >= 15 is 0 Å². The van der Waals surface area contributed by atoms with Crippen molar-refractivity contribution in [1.29, 1.82) is 0 Å². The normalized spacial score (nSPS) is 25.4. The van der Waals surface area contributed by atoms with E-state index in [1.807, 2.05) is 25.3 Å².